The molecule has 1 atom stereocenters. The van der Waals surface area contributed by atoms with Crippen molar-refractivity contribution in [2.24, 2.45) is 11.8 Å². The fourth-order valence-electron chi connectivity index (χ4n) is 4.38. The highest BCUT2D eigenvalue weighted by molar-refractivity contribution is 6.04. The Morgan fingerprint density at radius 1 is 1.00 bits per heavy atom. The van der Waals surface area contributed by atoms with E-state index in [0.29, 0.717) is 18.9 Å². The second-order valence-electron chi connectivity index (χ2n) is 7.70. The first kappa shape index (κ1) is 17.1. The summed E-state index contributed by atoms with van der Waals surface area (Å²) >= 11 is 0. The first-order chi connectivity index (χ1) is 12.7. The lowest BCUT2D eigenvalue weighted by Gasteiger charge is -2.22. The number of fused-ring (bicyclic) bond motifs is 1. The quantitative estimate of drug-likeness (QED) is 0.830. The minimum Gasteiger partial charge on any atom is -0.508 e. The predicted octanol–water partition coefficient (Wildman–Crippen LogP) is 4.95. The van der Waals surface area contributed by atoms with Crippen LogP contribution in [0.5, 0.6) is 11.5 Å². The van der Waals surface area contributed by atoms with Crippen molar-refractivity contribution in [3.8, 4) is 11.5 Å². The van der Waals surface area contributed by atoms with Crippen LogP contribution in [0, 0.1) is 11.8 Å². The number of para-hydroxylation sites is 1. The van der Waals surface area contributed by atoms with Gasteiger partial charge in [0.15, 0.2) is 5.78 Å². The fraction of sp³-hybridized carbons (Fsp3) is 0.435. The Labute approximate surface area is 155 Å². The van der Waals surface area contributed by atoms with Gasteiger partial charge in [-0.3, -0.25) is 4.79 Å². The van der Waals surface area contributed by atoms with Gasteiger partial charge in [-0.1, -0.05) is 49.6 Å². The molecule has 2 aromatic carbocycles. The SMILES string of the molecule is O=C1c2c(cccc2OCC2CCCCC2)CC1Cc1ccccc1O. The van der Waals surface area contributed by atoms with Crippen LogP contribution in [-0.2, 0) is 12.8 Å². The zero-order chi connectivity index (χ0) is 17.9. The first-order valence-corrected chi connectivity index (χ1v) is 9.78. The van der Waals surface area contributed by atoms with E-state index in [9.17, 15) is 9.90 Å². The summed E-state index contributed by atoms with van der Waals surface area (Å²) in [5, 5.41) is 10.0. The summed E-state index contributed by atoms with van der Waals surface area (Å²) in [6, 6.07) is 13.2. The van der Waals surface area contributed by atoms with Gasteiger partial charge in [0.1, 0.15) is 11.5 Å². The van der Waals surface area contributed by atoms with E-state index in [1.807, 2.05) is 30.3 Å². The van der Waals surface area contributed by atoms with Crippen molar-refractivity contribution >= 4 is 5.78 Å². The smallest absolute Gasteiger partial charge is 0.170 e. The molecule has 0 spiro atoms. The number of Topliss-reactive ketones (excluding diaryl/α,β-unsaturated/α-hetero) is 1. The van der Waals surface area contributed by atoms with Gasteiger partial charge in [0.2, 0.25) is 0 Å². The summed E-state index contributed by atoms with van der Waals surface area (Å²) in [7, 11) is 0. The number of hydrogen-bond donors (Lipinski definition) is 1. The molecule has 26 heavy (non-hydrogen) atoms. The molecule has 1 N–H and O–H groups in total. The molecular formula is C23H26O3. The normalized spacial score (nSPS) is 20.2. The Bertz CT molecular complexity index is 790. The van der Waals surface area contributed by atoms with Crippen molar-refractivity contribution in [2.45, 2.75) is 44.9 Å². The van der Waals surface area contributed by atoms with Crippen molar-refractivity contribution in [2.75, 3.05) is 6.61 Å². The molecule has 1 saturated carbocycles. The molecule has 0 aromatic heterocycles. The topological polar surface area (TPSA) is 46.5 Å². The van der Waals surface area contributed by atoms with Gasteiger partial charge in [-0.2, -0.15) is 0 Å². The maximum Gasteiger partial charge on any atom is 0.170 e. The van der Waals surface area contributed by atoms with Crippen LogP contribution in [0.3, 0.4) is 0 Å². The number of rotatable bonds is 5. The van der Waals surface area contributed by atoms with Gasteiger partial charge in [0, 0.05) is 5.92 Å². The predicted molar refractivity (Wildman–Crippen MR) is 102 cm³/mol. The molecule has 0 aliphatic heterocycles. The number of phenols is 1. The Hall–Kier alpha value is -2.29. The lowest BCUT2D eigenvalue weighted by molar-refractivity contribution is 0.0931. The van der Waals surface area contributed by atoms with E-state index in [2.05, 4.69) is 0 Å². The van der Waals surface area contributed by atoms with E-state index >= 15 is 0 Å². The number of carbonyl (C=O) groups is 1. The molecule has 2 aliphatic carbocycles. The summed E-state index contributed by atoms with van der Waals surface area (Å²) in [5.74, 6) is 1.68. The Morgan fingerprint density at radius 2 is 1.81 bits per heavy atom. The van der Waals surface area contributed by atoms with Crippen molar-refractivity contribution < 1.29 is 14.6 Å². The van der Waals surface area contributed by atoms with Crippen LogP contribution in [0.15, 0.2) is 42.5 Å². The number of ketones is 1. The Kier molecular flexibility index (Phi) is 4.96. The number of aromatic hydroxyl groups is 1. The summed E-state index contributed by atoms with van der Waals surface area (Å²) < 4.78 is 6.11. The molecule has 0 amide bonds. The van der Waals surface area contributed by atoms with Crippen LogP contribution < -0.4 is 4.74 Å². The van der Waals surface area contributed by atoms with E-state index in [-0.39, 0.29) is 17.5 Å². The zero-order valence-corrected chi connectivity index (χ0v) is 15.1. The summed E-state index contributed by atoms with van der Waals surface area (Å²) in [6.45, 7) is 0.716. The van der Waals surface area contributed by atoms with Gasteiger partial charge in [-0.25, -0.2) is 0 Å². The van der Waals surface area contributed by atoms with Gasteiger partial charge < -0.3 is 9.84 Å². The molecule has 1 unspecified atom stereocenters. The van der Waals surface area contributed by atoms with Crippen molar-refractivity contribution in [3.05, 3.63) is 59.2 Å². The zero-order valence-electron chi connectivity index (χ0n) is 15.1. The lowest BCUT2D eigenvalue weighted by Crippen LogP contribution is -2.17. The van der Waals surface area contributed by atoms with Crippen LogP contribution in [0.4, 0.5) is 0 Å². The van der Waals surface area contributed by atoms with Crippen molar-refractivity contribution in [1.82, 2.24) is 0 Å². The van der Waals surface area contributed by atoms with E-state index in [0.717, 1.165) is 28.9 Å². The van der Waals surface area contributed by atoms with Gasteiger partial charge in [-0.15, -0.1) is 0 Å². The molecule has 4 rings (SSSR count). The minimum atomic E-state index is -0.113. The van der Waals surface area contributed by atoms with Crippen LogP contribution in [-0.4, -0.2) is 17.5 Å². The molecule has 3 nitrogen and oxygen atoms in total. The molecule has 0 saturated heterocycles. The standard InChI is InChI=1S/C23H26O3/c24-20-11-5-4-9-17(20)13-19-14-18-10-6-12-21(22(18)23(19)25)26-15-16-7-2-1-3-8-16/h4-6,9-12,16,19,24H,1-3,7-8,13-15H2. The number of carbonyl (C=O) groups excluding carboxylic acids is 1. The van der Waals surface area contributed by atoms with Gasteiger partial charge in [-0.05, 0) is 54.9 Å². The molecule has 2 aliphatic rings. The first-order valence-electron chi connectivity index (χ1n) is 9.78. The fourth-order valence-corrected chi connectivity index (χ4v) is 4.38. The second kappa shape index (κ2) is 7.53. The Morgan fingerprint density at radius 3 is 2.62 bits per heavy atom. The third-order valence-corrected chi connectivity index (χ3v) is 5.85. The van der Waals surface area contributed by atoms with Crippen LogP contribution >= 0.6 is 0 Å². The monoisotopic (exact) mass is 350 g/mol. The maximum atomic E-state index is 13.0. The summed E-state index contributed by atoms with van der Waals surface area (Å²) in [4.78, 5) is 13.0. The maximum absolute atomic E-state index is 13.0. The largest absolute Gasteiger partial charge is 0.508 e. The van der Waals surface area contributed by atoms with Crippen LogP contribution in [0.2, 0.25) is 0 Å². The highest BCUT2D eigenvalue weighted by Gasteiger charge is 2.33. The molecule has 1 fully saturated rings. The number of ether oxygens (including phenoxy) is 1. The van der Waals surface area contributed by atoms with E-state index in [1.165, 1.54) is 32.1 Å². The minimum absolute atomic E-state index is 0.113. The lowest BCUT2D eigenvalue weighted by atomic mass is 9.90. The summed E-state index contributed by atoms with van der Waals surface area (Å²) in [6.07, 6.45) is 7.69. The number of benzene rings is 2. The van der Waals surface area contributed by atoms with Gasteiger partial charge in [0.25, 0.3) is 0 Å². The molecule has 3 heteroatoms. The van der Waals surface area contributed by atoms with Crippen molar-refractivity contribution in [1.29, 1.82) is 0 Å². The van der Waals surface area contributed by atoms with Crippen LogP contribution in [0.25, 0.3) is 0 Å². The van der Waals surface area contributed by atoms with E-state index in [4.69, 9.17) is 4.74 Å². The molecule has 0 heterocycles. The molecule has 2 aromatic rings. The molecular weight excluding hydrogens is 324 g/mol. The van der Waals surface area contributed by atoms with Gasteiger partial charge >= 0.3 is 0 Å². The van der Waals surface area contributed by atoms with Crippen molar-refractivity contribution in [3.63, 3.8) is 0 Å². The van der Waals surface area contributed by atoms with E-state index < -0.39 is 0 Å². The highest BCUT2D eigenvalue weighted by Crippen LogP contribution is 2.37. The van der Waals surface area contributed by atoms with E-state index in [1.54, 1.807) is 12.1 Å². The second-order valence-corrected chi connectivity index (χ2v) is 7.70. The number of phenolic OH excluding ortho intramolecular Hbond substituents is 1. The third kappa shape index (κ3) is 3.48. The van der Waals surface area contributed by atoms with Crippen LogP contribution in [0.1, 0.15) is 53.6 Å². The van der Waals surface area contributed by atoms with Gasteiger partial charge in [0.05, 0.1) is 12.2 Å². The Balaban J connectivity index is 1.48. The number of hydrogen-bond acceptors (Lipinski definition) is 3. The summed E-state index contributed by atoms with van der Waals surface area (Å²) in [5.41, 5.74) is 2.68. The third-order valence-electron chi connectivity index (χ3n) is 5.85. The highest BCUT2D eigenvalue weighted by atomic mass is 16.5. The molecule has 0 radical (unpaired) electrons. The molecule has 136 valence electrons. The average molecular weight is 350 g/mol. The molecule has 0 bridgehead atoms. The average Bonchev–Trinajstić information content (AvgIpc) is 2.99.